The average molecular weight is 275 g/mol. The molecule has 0 aromatic carbocycles. The summed E-state index contributed by atoms with van der Waals surface area (Å²) in [6.07, 6.45) is -3.45. The van der Waals surface area contributed by atoms with Crippen LogP contribution in [0.15, 0.2) is 18.3 Å². The van der Waals surface area contributed by atoms with Gasteiger partial charge in [-0.15, -0.1) is 0 Å². The van der Waals surface area contributed by atoms with Gasteiger partial charge in [0, 0.05) is 25.3 Å². The van der Waals surface area contributed by atoms with Crippen molar-refractivity contribution in [2.75, 3.05) is 32.1 Å². The molecule has 0 atom stereocenters. The van der Waals surface area contributed by atoms with Gasteiger partial charge >= 0.3 is 6.18 Å². The topological polar surface area (TPSA) is 19.4 Å². The molecule has 0 aliphatic rings. The first-order chi connectivity index (χ1) is 8.71. The number of anilines is 1. The lowest BCUT2D eigenvalue weighted by Crippen LogP contribution is -2.37. The normalized spacial score (nSPS) is 12.3. The van der Waals surface area contributed by atoms with Gasteiger partial charge in [0.1, 0.15) is 5.82 Å². The number of halogens is 3. The predicted molar refractivity (Wildman–Crippen MR) is 70.3 cm³/mol. The summed E-state index contributed by atoms with van der Waals surface area (Å²) < 4.78 is 37.4. The van der Waals surface area contributed by atoms with Crippen LogP contribution in [0.3, 0.4) is 0 Å². The molecular weight excluding hydrogens is 255 g/mol. The molecule has 1 aromatic heterocycles. The summed E-state index contributed by atoms with van der Waals surface area (Å²) in [5.41, 5.74) is -0.715. The zero-order valence-corrected chi connectivity index (χ0v) is 11.7. The van der Waals surface area contributed by atoms with E-state index in [9.17, 15) is 13.2 Å². The summed E-state index contributed by atoms with van der Waals surface area (Å²) in [4.78, 5) is 7.95. The third-order valence-corrected chi connectivity index (χ3v) is 2.78. The van der Waals surface area contributed by atoms with Crippen LogP contribution < -0.4 is 4.90 Å². The van der Waals surface area contributed by atoms with Crippen LogP contribution in [0.4, 0.5) is 19.0 Å². The van der Waals surface area contributed by atoms with Crippen LogP contribution in [0.1, 0.15) is 19.4 Å². The van der Waals surface area contributed by atoms with E-state index in [2.05, 4.69) is 4.98 Å². The van der Waals surface area contributed by atoms with Crippen molar-refractivity contribution in [3.05, 3.63) is 23.9 Å². The molecule has 6 heteroatoms. The lowest BCUT2D eigenvalue weighted by atomic mass is 10.2. The lowest BCUT2D eigenvalue weighted by Gasteiger charge is -2.29. The van der Waals surface area contributed by atoms with E-state index in [0.717, 1.165) is 25.4 Å². The molecule has 0 saturated carbocycles. The van der Waals surface area contributed by atoms with Crippen LogP contribution in [0.25, 0.3) is 0 Å². The van der Waals surface area contributed by atoms with Gasteiger partial charge in [0.2, 0.25) is 0 Å². The molecule has 0 amide bonds. The highest BCUT2D eigenvalue weighted by Gasteiger charge is 2.30. The number of hydrogen-bond acceptors (Lipinski definition) is 3. The zero-order valence-electron chi connectivity index (χ0n) is 11.7. The van der Waals surface area contributed by atoms with E-state index >= 15 is 0 Å². The molecule has 1 heterocycles. The van der Waals surface area contributed by atoms with Crippen LogP contribution in [0.2, 0.25) is 0 Å². The van der Waals surface area contributed by atoms with Gasteiger partial charge in [0.15, 0.2) is 0 Å². The highest BCUT2D eigenvalue weighted by molar-refractivity contribution is 5.40. The van der Waals surface area contributed by atoms with E-state index in [1.54, 1.807) is 0 Å². The monoisotopic (exact) mass is 275 g/mol. The smallest absolute Gasteiger partial charge is 0.353 e. The van der Waals surface area contributed by atoms with Gasteiger partial charge in [-0.1, -0.05) is 0 Å². The second-order valence-corrected chi connectivity index (χ2v) is 4.99. The first kappa shape index (κ1) is 15.8. The van der Waals surface area contributed by atoms with Crippen molar-refractivity contribution in [3.63, 3.8) is 0 Å². The molecule has 1 rings (SSSR count). The van der Waals surface area contributed by atoms with Gasteiger partial charge in [0.25, 0.3) is 0 Å². The SMILES string of the molecule is CC(C)N(CCN(C)C)c1ccc(C(F)(F)F)cn1. The molecule has 0 bridgehead atoms. The fourth-order valence-electron chi connectivity index (χ4n) is 1.67. The molecule has 0 fully saturated rings. The molecule has 0 N–H and O–H groups in total. The molecule has 0 spiro atoms. The average Bonchev–Trinajstić information content (AvgIpc) is 2.27. The van der Waals surface area contributed by atoms with Crippen LogP contribution in [0, 0.1) is 0 Å². The number of alkyl halides is 3. The quantitative estimate of drug-likeness (QED) is 0.823. The van der Waals surface area contributed by atoms with Gasteiger partial charge in [0.05, 0.1) is 5.56 Å². The van der Waals surface area contributed by atoms with Crippen LogP contribution in [0.5, 0.6) is 0 Å². The Hall–Kier alpha value is -1.30. The van der Waals surface area contributed by atoms with Crippen molar-refractivity contribution < 1.29 is 13.2 Å². The molecular formula is C13H20F3N3. The van der Waals surface area contributed by atoms with E-state index in [1.165, 1.54) is 6.07 Å². The standard InChI is InChI=1S/C13H20F3N3/c1-10(2)19(8-7-18(3)4)12-6-5-11(9-17-12)13(14,15)16/h5-6,9-10H,7-8H2,1-4H3. The predicted octanol–water partition coefficient (Wildman–Crippen LogP) is 2.88. The van der Waals surface area contributed by atoms with Crippen molar-refractivity contribution in [2.45, 2.75) is 26.1 Å². The number of aromatic nitrogens is 1. The van der Waals surface area contributed by atoms with Gasteiger partial charge in [-0.05, 0) is 40.1 Å². The molecule has 1 aromatic rings. The minimum Gasteiger partial charge on any atom is -0.353 e. The van der Waals surface area contributed by atoms with Crippen molar-refractivity contribution in [1.29, 1.82) is 0 Å². The van der Waals surface area contributed by atoms with E-state index < -0.39 is 11.7 Å². The summed E-state index contributed by atoms with van der Waals surface area (Å²) in [5.74, 6) is 0.574. The Balaban J connectivity index is 2.86. The minimum atomic E-state index is -4.34. The molecule has 3 nitrogen and oxygen atoms in total. The molecule has 0 saturated heterocycles. The van der Waals surface area contributed by atoms with E-state index in [-0.39, 0.29) is 6.04 Å². The Kier molecular flexibility index (Phi) is 5.17. The fraction of sp³-hybridized carbons (Fsp3) is 0.615. The summed E-state index contributed by atoms with van der Waals surface area (Å²) in [5, 5.41) is 0. The van der Waals surface area contributed by atoms with Gasteiger partial charge < -0.3 is 9.80 Å². The summed E-state index contributed by atoms with van der Waals surface area (Å²) in [6, 6.07) is 2.69. The Bertz CT molecular complexity index is 385. The van der Waals surface area contributed by atoms with Crippen LogP contribution in [-0.4, -0.2) is 43.1 Å². The maximum atomic E-state index is 12.5. The van der Waals surface area contributed by atoms with E-state index in [4.69, 9.17) is 0 Å². The third-order valence-electron chi connectivity index (χ3n) is 2.78. The number of hydrogen-bond donors (Lipinski definition) is 0. The van der Waals surface area contributed by atoms with Crippen molar-refractivity contribution in [1.82, 2.24) is 9.88 Å². The Morgan fingerprint density at radius 2 is 1.79 bits per heavy atom. The van der Waals surface area contributed by atoms with Crippen molar-refractivity contribution >= 4 is 5.82 Å². The summed E-state index contributed by atoms with van der Waals surface area (Å²) >= 11 is 0. The fourth-order valence-corrected chi connectivity index (χ4v) is 1.67. The van der Waals surface area contributed by atoms with Crippen LogP contribution >= 0.6 is 0 Å². The number of rotatable bonds is 5. The Morgan fingerprint density at radius 1 is 1.16 bits per heavy atom. The second kappa shape index (κ2) is 6.23. The van der Waals surface area contributed by atoms with Gasteiger partial charge in [-0.2, -0.15) is 13.2 Å². The minimum absolute atomic E-state index is 0.184. The molecule has 0 unspecified atom stereocenters. The Labute approximate surface area is 112 Å². The molecule has 19 heavy (non-hydrogen) atoms. The number of pyridine rings is 1. The number of likely N-dealkylation sites (N-methyl/N-ethyl adjacent to an activating group) is 1. The van der Waals surface area contributed by atoms with Crippen molar-refractivity contribution in [3.8, 4) is 0 Å². The highest BCUT2D eigenvalue weighted by Crippen LogP contribution is 2.29. The van der Waals surface area contributed by atoms with Crippen molar-refractivity contribution in [2.24, 2.45) is 0 Å². The number of nitrogens with zero attached hydrogens (tertiary/aromatic N) is 3. The summed E-state index contributed by atoms with van der Waals surface area (Å²) in [6.45, 7) is 5.54. The molecule has 108 valence electrons. The molecule has 0 radical (unpaired) electrons. The maximum absolute atomic E-state index is 12.5. The molecule has 0 aliphatic heterocycles. The van der Waals surface area contributed by atoms with Gasteiger partial charge in [-0.25, -0.2) is 4.98 Å². The first-order valence-corrected chi connectivity index (χ1v) is 6.16. The first-order valence-electron chi connectivity index (χ1n) is 6.16. The molecule has 0 aliphatic carbocycles. The maximum Gasteiger partial charge on any atom is 0.417 e. The van der Waals surface area contributed by atoms with E-state index in [1.807, 2.05) is 37.7 Å². The zero-order chi connectivity index (χ0) is 14.6. The third kappa shape index (κ3) is 4.70. The highest BCUT2D eigenvalue weighted by atomic mass is 19.4. The van der Waals surface area contributed by atoms with E-state index in [0.29, 0.717) is 5.82 Å². The van der Waals surface area contributed by atoms with Gasteiger partial charge in [-0.3, -0.25) is 0 Å². The lowest BCUT2D eigenvalue weighted by molar-refractivity contribution is -0.137. The van der Waals surface area contributed by atoms with Crippen LogP contribution in [-0.2, 0) is 6.18 Å². The second-order valence-electron chi connectivity index (χ2n) is 4.99. The largest absolute Gasteiger partial charge is 0.417 e. The summed E-state index contributed by atoms with van der Waals surface area (Å²) in [7, 11) is 3.91. The Morgan fingerprint density at radius 3 is 2.16 bits per heavy atom.